The summed E-state index contributed by atoms with van der Waals surface area (Å²) in [7, 11) is 1.79. The van der Waals surface area contributed by atoms with E-state index in [0.29, 0.717) is 11.1 Å². The smallest absolute Gasteiger partial charge is 0.260 e. The molecule has 1 aromatic rings. The minimum Gasteiger partial charge on any atom is -0.483 e. The third-order valence-electron chi connectivity index (χ3n) is 3.82. The molecule has 0 saturated heterocycles. The van der Waals surface area contributed by atoms with Gasteiger partial charge in [0.25, 0.3) is 11.8 Å². The number of primary amides is 1. The van der Waals surface area contributed by atoms with Gasteiger partial charge in [-0.1, -0.05) is 24.4 Å². The first-order valence-electron chi connectivity index (χ1n) is 6.97. The highest BCUT2D eigenvalue weighted by Crippen LogP contribution is 2.24. The van der Waals surface area contributed by atoms with Crippen molar-refractivity contribution in [1.82, 2.24) is 4.90 Å². The fraction of sp³-hybridized carbons (Fsp3) is 0.467. The van der Waals surface area contributed by atoms with Crippen molar-refractivity contribution in [2.45, 2.75) is 31.7 Å². The van der Waals surface area contributed by atoms with Crippen LogP contribution in [0.4, 0.5) is 0 Å². The summed E-state index contributed by atoms with van der Waals surface area (Å²) in [5.74, 6) is -0.462. The molecule has 0 heterocycles. The molecule has 1 aliphatic carbocycles. The largest absolute Gasteiger partial charge is 0.483 e. The Hall–Kier alpha value is -1.75. The Kier molecular flexibility index (Phi) is 5.07. The molecule has 6 heteroatoms. The van der Waals surface area contributed by atoms with Crippen LogP contribution in [0.5, 0.6) is 5.75 Å². The molecule has 2 N–H and O–H groups in total. The van der Waals surface area contributed by atoms with Crippen LogP contribution in [-0.2, 0) is 4.79 Å². The van der Waals surface area contributed by atoms with Gasteiger partial charge in [0.05, 0.1) is 5.56 Å². The molecule has 2 amide bonds. The van der Waals surface area contributed by atoms with Crippen molar-refractivity contribution in [3.8, 4) is 5.75 Å². The Morgan fingerprint density at radius 1 is 1.38 bits per heavy atom. The quantitative estimate of drug-likeness (QED) is 0.906. The van der Waals surface area contributed by atoms with Gasteiger partial charge >= 0.3 is 0 Å². The van der Waals surface area contributed by atoms with Crippen LogP contribution in [0, 0.1) is 0 Å². The number of nitrogens with zero attached hydrogens (tertiary/aromatic N) is 1. The summed E-state index contributed by atoms with van der Waals surface area (Å²) in [5, 5.41) is 0.394. The third-order valence-corrected chi connectivity index (χ3v) is 4.06. The van der Waals surface area contributed by atoms with Crippen LogP contribution in [0.1, 0.15) is 36.0 Å². The SMILES string of the molecule is CN(C(=O)COc1ccc(Cl)cc1C(N)=O)C1CCCC1. The maximum atomic E-state index is 12.1. The maximum Gasteiger partial charge on any atom is 0.260 e. The average Bonchev–Trinajstić information content (AvgIpc) is 2.98. The van der Waals surface area contributed by atoms with E-state index in [2.05, 4.69) is 0 Å². The van der Waals surface area contributed by atoms with Crippen molar-refractivity contribution in [3.05, 3.63) is 28.8 Å². The Morgan fingerprint density at radius 2 is 2.05 bits per heavy atom. The molecular formula is C15H19ClN2O3. The summed E-state index contributed by atoms with van der Waals surface area (Å²) in [4.78, 5) is 25.2. The van der Waals surface area contributed by atoms with Crippen LogP contribution < -0.4 is 10.5 Å². The van der Waals surface area contributed by atoms with Crippen molar-refractivity contribution in [1.29, 1.82) is 0 Å². The number of carbonyl (C=O) groups is 2. The molecular weight excluding hydrogens is 292 g/mol. The van der Waals surface area contributed by atoms with E-state index in [0.717, 1.165) is 25.7 Å². The van der Waals surface area contributed by atoms with Crippen LogP contribution in [-0.4, -0.2) is 36.4 Å². The van der Waals surface area contributed by atoms with Crippen molar-refractivity contribution >= 4 is 23.4 Å². The highest BCUT2D eigenvalue weighted by atomic mass is 35.5. The van der Waals surface area contributed by atoms with Gasteiger partial charge in [0, 0.05) is 18.1 Å². The number of ether oxygens (including phenoxy) is 1. The van der Waals surface area contributed by atoms with Crippen molar-refractivity contribution in [2.75, 3.05) is 13.7 Å². The summed E-state index contributed by atoms with van der Waals surface area (Å²) in [6.45, 7) is -0.116. The Balaban J connectivity index is 1.99. The van der Waals surface area contributed by atoms with Gasteiger partial charge in [0.2, 0.25) is 0 Å². The molecule has 21 heavy (non-hydrogen) atoms. The van der Waals surface area contributed by atoms with Crippen molar-refractivity contribution in [3.63, 3.8) is 0 Å². The van der Waals surface area contributed by atoms with E-state index in [1.807, 2.05) is 0 Å². The first kappa shape index (κ1) is 15.6. The van der Waals surface area contributed by atoms with Crippen LogP contribution in [0.3, 0.4) is 0 Å². The maximum absolute atomic E-state index is 12.1. The Labute approximate surface area is 129 Å². The lowest BCUT2D eigenvalue weighted by molar-refractivity contribution is -0.134. The lowest BCUT2D eigenvalue weighted by Crippen LogP contribution is -2.38. The van der Waals surface area contributed by atoms with E-state index >= 15 is 0 Å². The predicted octanol–water partition coefficient (Wildman–Crippen LogP) is 2.22. The van der Waals surface area contributed by atoms with Crippen LogP contribution in [0.2, 0.25) is 5.02 Å². The van der Waals surface area contributed by atoms with Crippen molar-refractivity contribution in [2.24, 2.45) is 5.73 Å². The first-order chi connectivity index (χ1) is 9.99. The molecule has 0 spiro atoms. The van der Waals surface area contributed by atoms with Crippen LogP contribution >= 0.6 is 11.6 Å². The zero-order valence-electron chi connectivity index (χ0n) is 12.0. The Bertz CT molecular complexity index is 542. The molecule has 0 unspecified atom stereocenters. The molecule has 1 saturated carbocycles. The minimum absolute atomic E-state index is 0.104. The fourth-order valence-corrected chi connectivity index (χ4v) is 2.73. The Morgan fingerprint density at radius 3 is 2.67 bits per heavy atom. The first-order valence-corrected chi connectivity index (χ1v) is 7.34. The lowest BCUT2D eigenvalue weighted by atomic mass is 10.2. The van der Waals surface area contributed by atoms with Crippen LogP contribution in [0.25, 0.3) is 0 Å². The highest BCUT2D eigenvalue weighted by molar-refractivity contribution is 6.31. The topological polar surface area (TPSA) is 72.6 Å². The van der Waals surface area contributed by atoms with E-state index in [9.17, 15) is 9.59 Å². The lowest BCUT2D eigenvalue weighted by Gasteiger charge is -2.24. The molecule has 1 aromatic carbocycles. The third kappa shape index (κ3) is 3.88. The molecule has 0 radical (unpaired) electrons. The average molecular weight is 311 g/mol. The molecule has 0 bridgehead atoms. The summed E-state index contributed by atoms with van der Waals surface area (Å²) >= 11 is 5.82. The van der Waals surface area contributed by atoms with Crippen molar-refractivity contribution < 1.29 is 14.3 Å². The number of amides is 2. The second-order valence-electron chi connectivity index (χ2n) is 5.24. The van der Waals surface area contributed by atoms with E-state index < -0.39 is 5.91 Å². The fourth-order valence-electron chi connectivity index (χ4n) is 2.56. The van der Waals surface area contributed by atoms with E-state index in [-0.39, 0.29) is 23.8 Å². The van der Waals surface area contributed by atoms with Gasteiger partial charge in [-0.05, 0) is 31.0 Å². The molecule has 2 rings (SSSR count). The molecule has 0 aromatic heterocycles. The standard InChI is InChI=1S/C15H19ClN2O3/c1-18(11-4-2-3-5-11)14(19)9-21-13-7-6-10(16)8-12(13)15(17)20/h6-8,11H,2-5,9H2,1H3,(H2,17,20). The monoisotopic (exact) mass is 310 g/mol. The van der Waals surface area contributed by atoms with Gasteiger partial charge in [-0.25, -0.2) is 0 Å². The van der Waals surface area contributed by atoms with E-state index in [1.165, 1.54) is 6.07 Å². The molecule has 0 atom stereocenters. The highest BCUT2D eigenvalue weighted by Gasteiger charge is 2.23. The summed E-state index contributed by atoms with van der Waals surface area (Å²) in [5.41, 5.74) is 5.46. The van der Waals surface area contributed by atoms with Gasteiger partial charge in [-0.3, -0.25) is 9.59 Å². The van der Waals surface area contributed by atoms with E-state index in [1.54, 1.807) is 24.1 Å². The number of halogens is 1. The minimum atomic E-state index is -0.635. The number of carbonyl (C=O) groups excluding carboxylic acids is 2. The number of hydrogen-bond acceptors (Lipinski definition) is 3. The number of likely N-dealkylation sites (N-methyl/N-ethyl adjacent to an activating group) is 1. The van der Waals surface area contributed by atoms with Gasteiger partial charge in [0.15, 0.2) is 6.61 Å². The normalized spacial score (nSPS) is 15.0. The molecule has 114 valence electrons. The molecule has 5 nitrogen and oxygen atoms in total. The molecule has 0 aliphatic heterocycles. The van der Waals surface area contributed by atoms with E-state index in [4.69, 9.17) is 22.1 Å². The van der Waals surface area contributed by atoms with Gasteiger partial charge in [0.1, 0.15) is 5.75 Å². The summed E-state index contributed by atoms with van der Waals surface area (Å²) in [6.07, 6.45) is 4.39. The summed E-state index contributed by atoms with van der Waals surface area (Å²) < 4.78 is 5.45. The van der Waals surface area contributed by atoms with Crippen LogP contribution in [0.15, 0.2) is 18.2 Å². The number of hydrogen-bond donors (Lipinski definition) is 1. The van der Waals surface area contributed by atoms with Gasteiger partial charge < -0.3 is 15.4 Å². The second kappa shape index (κ2) is 6.80. The number of rotatable bonds is 5. The molecule has 1 fully saturated rings. The predicted molar refractivity (Wildman–Crippen MR) is 80.5 cm³/mol. The summed E-state index contributed by atoms with van der Waals surface area (Å²) in [6, 6.07) is 4.87. The number of nitrogens with two attached hydrogens (primary N) is 1. The second-order valence-corrected chi connectivity index (χ2v) is 5.67. The van der Waals surface area contributed by atoms with Gasteiger partial charge in [-0.15, -0.1) is 0 Å². The zero-order valence-corrected chi connectivity index (χ0v) is 12.7. The molecule has 1 aliphatic rings. The van der Waals surface area contributed by atoms with Gasteiger partial charge in [-0.2, -0.15) is 0 Å². The zero-order chi connectivity index (χ0) is 15.4. The number of benzene rings is 1.